The fourth-order valence-electron chi connectivity index (χ4n) is 4.85. The van der Waals surface area contributed by atoms with Crippen molar-refractivity contribution < 1.29 is 40.8 Å². The molecule has 3 aromatic rings. The van der Waals surface area contributed by atoms with Gasteiger partial charge in [-0.15, -0.1) is 11.3 Å². The minimum absolute atomic E-state index is 0.110. The number of anilines is 1. The molecule has 4 atom stereocenters. The number of ketones is 1. The molecule has 17 heteroatoms. The van der Waals surface area contributed by atoms with Crippen LogP contribution in [0.1, 0.15) is 56.1 Å². The van der Waals surface area contributed by atoms with E-state index in [2.05, 4.69) is 20.3 Å². The summed E-state index contributed by atoms with van der Waals surface area (Å²) < 4.78 is 79.6. The monoisotopic (exact) mass is 601 g/mol. The average molecular weight is 602 g/mol. The van der Waals surface area contributed by atoms with E-state index in [0.29, 0.717) is 15.3 Å². The lowest BCUT2D eigenvalue weighted by Crippen LogP contribution is -2.27. The number of ether oxygens (including phenoxy) is 1. The second-order valence-electron chi connectivity index (χ2n) is 9.47. The standard InChI is InChI=1S/C23H24F3N6O6S2/c1-11-14(20-22-31-18(23(24,25)26)9-32(22)2-3-38-20)6-17(39-11)19(34)15-8-27-10-28-21(15)30-13-4-12(16(33)5-13)7-29-40(35,36)37/h6-10,12-13,16,20,29,33H,2-5H2,1H3,(H,27,28,30)(H,35,36,37)/t12-,13-,16+,20-/m1/s1. The molecule has 0 saturated heterocycles. The first kappa shape index (κ1) is 28.6. The molecule has 4 N–H and O–H groups in total. The third-order valence-corrected chi connectivity index (χ3v) is 8.22. The highest BCUT2D eigenvalue weighted by Crippen LogP contribution is 2.38. The van der Waals surface area contributed by atoms with Crippen LogP contribution in [0.3, 0.4) is 0 Å². The van der Waals surface area contributed by atoms with E-state index in [1.807, 2.05) is 4.72 Å². The smallest absolute Gasteiger partial charge is 0.393 e. The quantitative estimate of drug-likeness (QED) is 0.222. The number of halogens is 3. The molecule has 12 nitrogen and oxygen atoms in total. The van der Waals surface area contributed by atoms with Gasteiger partial charge in [0, 0.05) is 47.9 Å². The third-order valence-electron chi connectivity index (χ3n) is 6.72. The Morgan fingerprint density at radius 3 is 2.83 bits per heavy atom. The molecule has 0 aromatic carbocycles. The number of hydrogen-bond donors (Lipinski definition) is 4. The normalized spacial score (nSPS) is 23.2. The third kappa shape index (κ3) is 6.03. The minimum Gasteiger partial charge on any atom is -0.393 e. The van der Waals surface area contributed by atoms with E-state index in [1.165, 1.54) is 17.1 Å². The van der Waals surface area contributed by atoms with Crippen LogP contribution in [-0.4, -0.2) is 62.1 Å². The maximum absolute atomic E-state index is 13.5. The van der Waals surface area contributed by atoms with Gasteiger partial charge >= 0.3 is 16.5 Å². The molecule has 5 rings (SSSR count). The molecule has 1 aliphatic heterocycles. The maximum atomic E-state index is 13.5. The molecule has 0 spiro atoms. The van der Waals surface area contributed by atoms with Gasteiger partial charge in [0.1, 0.15) is 24.1 Å². The van der Waals surface area contributed by atoms with Crippen molar-refractivity contribution in [3.63, 3.8) is 0 Å². The van der Waals surface area contributed by atoms with Crippen LogP contribution in [0, 0.1) is 19.4 Å². The van der Waals surface area contributed by atoms with Crippen LogP contribution in [0.2, 0.25) is 0 Å². The highest BCUT2D eigenvalue weighted by molar-refractivity contribution is 7.83. The average Bonchev–Trinajstić information content (AvgIpc) is 3.58. The van der Waals surface area contributed by atoms with E-state index in [1.54, 1.807) is 13.0 Å². The number of nitrogens with zero attached hydrogens (tertiary/aromatic N) is 4. The maximum Gasteiger partial charge on any atom is 0.434 e. The van der Waals surface area contributed by atoms with Crippen molar-refractivity contribution in [2.24, 2.45) is 5.92 Å². The first-order chi connectivity index (χ1) is 18.8. The van der Waals surface area contributed by atoms with Crippen LogP contribution in [0.25, 0.3) is 0 Å². The second kappa shape index (κ2) is 10.8. The van der Waals surface area contributed by atoms with Gasteiger partial charge in [0.15, 0.2) is 5.69 Å². The number of aliphatic hydroxyl groups excluding tert-OH is 1. The minimum atomic E-state index is -4.60. The van der Waals surface area contributed by atoms with E-state index in [-0.39, 0.29) is 49.2 Å². The number of fused-ring (bicyclic) bond motifs is 1. The summed E-state index contributed by atoms with van der Waals surface area (Å²) in [4.78, 5) is 26.4. The van der Waals surface area contributed by atoms with Crippen molar-refractivity contribution in [2.45, 2.75) is 50.7 Å². The van der Waals surface area contributed by atoms with Crippen LogP contribution in [-0.2, 0) is 27.8 Å². The summed E-state index contributed by atoms with van der Waals surface area (Å²) in [5.74, 6) is -0.706. The fourth-order valence-corrected chi connectivity index (χ4v) is 6.20. The Morgan fingerprint density at radius 1 is 1.32 bits per heavy atom. The van der Waals surface area contributed by atoms with Crippen molar-refractivity contribution in [1.82, 2.24) is 24.2 Å². The number of rotatable bonds is 8. The summed E-state index contributed by atoms with van der Waals surface area (Å²) in [6.07, 6.45) is -2.34. The number of aryl methyl sites for hydroxylation is 1. The molecule has 2 aliphatic rings. The van der Waals surface area contributed by atoms with Crippen molar-refractivity contribution >= 4 is 33.2 Å². The van der Waals surface area contributed by atoms with Gasteiger partial charge in [0.05, 0.1) is 23.2 Å². The van der Waals surface area contributed by atoms with Gasteiger partial charge in [-0.3, -0.25) is 9.35 Å². The van der Waals surface area contributed by atoms with Gasteiger partial charge in [-0.25, -0.2) is 15.0 Å². The van der Waals surface area contributed by atoms with Crippen LogP contribution in [0.5, 0.6) is 0 Å². The Bertz CT molecular complexity index is 1530. The fraction of sp³-hybridized carbons (Fsp3) is 0.435. The number of thiophene rings is 1. The molecular weight excluding hydrogens is 577 g/mol. The Balaban J connectivity index is 1.35. The summed E-state index contributed by atoms with van der Waals surface area (Å²) in [7, 11) is -4.46. The number of alkyl halides is 3. The summed E-state index contributed by atoms with van der Waals surface area (Å²) in [5.41, 5.74) is -0.340. The molecule has 1 saturated carbocycles. The largest absolute Gasteiger partial charge is 0.434 e. The zero-order valence-corrected chi connectivity index (χ0v) is 22.4. The molecule has 0 amide bonds. The Kier molecular flexibility index (Phi) is 7.71. The van der Waals surface area contributed by atoms with Gasteiger partial charge in [-0.2, -0.15) is 26.3 Å². The van der Waals surface area contributed by atoms with Crippen LogP contribution < -0.4 is 10.0 Å². The highest BCUT2D eigenvalue weighted by atomic mass is 32.2. The highest BCUT2D eigenvalue weighted by Gasteiger charge is 2.38. The molecule has 40 heavy (non-hydrogen) atoms. The molecular formula is C23H24F3N6O6S2. The molecule has 3 aromatic heterocycles. The number of hydrogen-bond acceptors (Lipinski definition) is 10. The molecule has 4 heterocycles. The zero-order chi connectivity index (χ0) is 28.8. The van der Waals surface area contributed by atoms with Crippen molar-refractivity contribution in [1.29, 1.82) is 0 Å². The van der Waals surface area contributed by atoms with Crippen molar-refractivity contribution in [3.05, 3.63) is 63.7 Å². The molecule has 0 unspecified atom stereocenters. The van der Waals surface area contributed by atoms with E-state index in [9.17, 15) is 31.5 Å². The number of nitrogens with one attached hydrogen (secondary N) is 2. The van der Waals surface area contributed by atoms with Crippen molar-refractivity contribution in [3.8, 4) is 0 Å². The SMILES string of the molecule is Cc1sc(C(=O)c2cncnc2N[C@H]2C[C@H](O)[C@@H]([CH]NS(=O)(=O)O)C2)cc1[C@H]1OCCn2cc(C(F)(F)F)nc21. The van der Waals surface area contributed by atoms with Crippen LogP contribution in [0.4, 0.5) is 19.0 Å². The van der Waals surface area contributed by atoms with E-state index < -0.39 is 46.1 Å². The summed E-state index contributed by atoms with van der Waals surface area (Å²) in [6, 6.07) is 1.20. The predicted octanol–water partition coefficient (Wildman–Crippen LogP) is 2.52. The van der Waals surface area contributed by atoms with Gasteiger partial charge in [0.2, 0.25) is 5.78 Å². The number of imidazole rings is 1. The summed E-state index contributed by atoms with van der Waals surface area (Å²) in [5, 5.41) is 13.4. The lowest BCUT2D eigenvalue weighted by atomic mass is 10.1. The summed E-state index contributed by atoms with van der Waals surface area (Å²) >= 11 is 1.15. The van der Waals surface area contributed by atoms with Crippen molar-refractivity contribution in [2.75, 3.05) is 11.9 Å². The lowest BCUT2D eigenvalue weighted by Gasteiger charge is -2.24. The van der Waals surface area contributed by atoms with Crippen LogP contribution in [0.15, 0.2) is 24.8 Å². The molecule has 215 valence electrons. The second-order valence-corrected chi connectivity index (χ2v) is 11.9. The Hall–Kier alpha value is -2.96. The number of carbonyl (C=O) groups excluding carboxylic acids is 1. The molecule has 1 fully saturated rings. The van der Waals surface area contributed by atoms with E-state index >= 15 is 0 Å². The summed E-state index contributed by atoms with van der Waals surface area (Å²) in [6.45, 7) is 3.24. The first-order valence-electron chi connectivity index (χ1n) is 12.0. The number of carbonyl (C=O) groups is 1. The molecule has 1 radical (unpaired) electrons. The van der Waals surface area contributed by atoms with Crippen LogP contribution >= 0.6 is 11.3 Å². The zero-order valence-electron chi connectivity index (χ0n) is 20.8. The first-order valence-corrected chi connectivity index (χ1v) is 14.3. The van der Waals surface area contributed by atoms with Gasteiger partial charge < -0.3 is 19.7 Å². The number of aliphatic hydroxyl groups is 1. The lowest BCUT2D eigenvalue weighted by molar-refractivity contribution is -0.141. The molecule has 1 aliphatic carbocycles. The van der Waals surface area contributed by atoms with Gasteiger partial charge in [0.25, 0.3) is 0 Å². The Morgan fingerprint density at radius 2 is 2.10 bits per heavy atom. The van der Waals surface area contributed by atoms with Gasteiger partial charge in [-0.05, 0) is 25.8 Å². The Labute approximate surface area is 230 Å². The topological polar surface area (TPSA) is 169 Å². The van der Waals surface area contributed by atoms with E-state index in [4.69, 9.17) is 9.29 Å². The van der Waals surface area contributed by atoms with Gasteiger partial charge in [-0.1, -0.05) is 0 Å². The number of aromatic nitrogens is 4. The molecule has 0 bridgehead atoms. The predicted molar refractivity (Wildman–Crippen MR) is 135 cm³/mol. The van der Waals surface area contributed by atoms with E-state index in [0.717, 1.165) is 24.1 Å².